The molecule has 1 aliphatic heterocycles. The third kappa shape index (κ3) is 3.75. The van der Waals surface area contributed by atoms with Gasteiger partial charge in [-0.05, 0) is 50.0 Å². The number of carbonyl (C=O) groups is 1. The number of anilines is 1. The molecule has 0 aromatic carbocycles. The zero-order valence-corrected chi connectivity index (χ0v) is 15.1. The molecule has 0 aliphatic carbocycles. The van der Waals surface area contributed by atoms with Crippen molar-refractivity contribution in [1.29, 1.82) is 0 Å². The Bertz CT molecular complexity index is 651. The van der Waals surface area contributed by atoms with Crippen LogP contribution < -0.4 is 5.73 Å². The van der Waals surface area contributed by atoms with Crippen LogP contribution >= 0.6 is 22.7 Å². The van der Waals surface area contributed by atoms with Crippen molar-refractivity contribution in [2.24, 2.45) is 0 Å². The van der Waals surface area contributed by atoms with E-state index in [1.807, 2.05) is 6.92 Å². The molecule has 0 bridgehead atoms. The molecule has 2 aromatic rings. The molecule has 1 saturated heterocycles. The summed E-state index contributed by atoms with van der Waals surface area (Å²) in [4.78, 5) is 21.5. The summed E-state index contributed by atoms with van der Waals surface area (Å²) in [6, 6.07) is 4.61. The van der Waals surface area contributed by atoms with Crippen molar-refractivity contribution >= 4 is 33.7 Å². The van der Waals surface area contributed by atoms with Crippen LogP contribution in [0.25, 0.3) is 0 Å². The lowest BCUT2D eigenvalue weighted by Crippen LogP contribution is -2.44. The molecule has 2 N–H and O–H groups in total. The molecule has 1 amide bonds. The quantitative estimate of drug-likeness (QED) is 0.888. The van der Waals surface area contributed by atoms with Gasteiger partial charge in [-0.15, -0.1) is 11.3 Å². The van der Waals surface area contributed by atoms with Gasteiger partial charge in [0.05, 0.1) is 5.69 Å². The molecule has 1 atom stereocenters. The van der Waals surface area contributed by atoms with Crippen LogP contribution in [0.3, 0.4) is 0 Å². The predicted molar refractivity (Wildman–Crippen MR) is 97.2 cm³/mol. The fourth-order valence-corrected chi connectivity index (χ4v) is 4.84. The van der Waals surface area contributed by atoms with Gasteiger partial charge in [0, 0.05) is 17.5 Å². The molecular weight excluding hydrogens is 326 g/mol. The van der Waals surface area contributed by atoms with Crippen LogP contribution in [0, 0.1) is 0 Å². The summed E-state index contributed by atoms with van der Waals surface area (Å²) >= 11 is 3.14. The molecule has 3 heterocycles. The first-order chi connectivity index (χ1) is 11.2. The van der Waals surface area contributed by atoms with E-state index in [1.54, 1.807) is 11.3 Å². The van der Waals surface area contributed by atoms with Crippen LogP contribution in [0.5, 0.6) is 0 Å². The zero-order chi connectivity index (χ0) is 16.2. The predicted octanol–water partition coefficient (Wildman–Crippen LogP) is 3.98. The van der Waals surface area contributed by atoms with Gasteiger partial charge in [0.15, 0.2) is 5.13 Å². The van der Waals surface area contributed by atoms with E-state index in [4.69, 9.17) is 5.73 Å². The average Bonchev–Trinajstić information content (AvgIpc) is 3.21. The lowest BCUT2D eigenvalue weighted by molar-refractivity contribution is 0.0606. The van der Waals surface area contributed by atoms with E-state index in [-0.39, 0.29) is 5.91 Å². The molecule has 23 heavy (non-hydrogen) atoms. The molecule has 1 fully saturated rings. The number of nitrogens with two attached hydrogens (primary N) is 1. The average molecular weight is 350 g/mol. The Morgan fingerprint density at radius 2 is 2.35 bits per heavy atom. The number of carbonyl (C=O) groups excluding carboxylic acids is 1. The highest BCUT2D eigenvalue weighted by atomic mass is 32.1. The molecule has 6 heteroatoms. The zero-order valence-electron chi connectivity index (χ0n) is 13.5. The van der Waals surface area contributed by atoms with Crippen LogP contribution in [-0.4, -0.2) is 28.4 Å². The Morgan fingerprint density at radius 1 is 1.48 bits per heavy atom. The Hall–Kier alpha value is -1.40. The SMILES string of the molecule is CCc1nc(N)sc1C(=O)N1CCCC[C@@H]1CCc1cccs1. The number of aromatic nitrogens is 1. The van der Waals surface area contributed by atoms with E-state index in [2.05, 4.69) is 27.4 Å². The van der Waals surface area contributed by atoms with E-state index in [0.717, 1.165) is 49.2 Å². The maximum Gasteiger partial charge on any atom is 0.266 e. The third-order valence-corrected chi connectivity index (χ3v) is 6.29. The number of nitrogen functional groups attached to an aromatic ring is 1. The van der Waals surface area contributed by atoms with Crippen molar-refractivity contribution in [2.75, 3.05) is 12.3 Å². The molecule has 4 nitrogen and oxygen atoms in total. The monoisotopic (exact) mass is 349 g/mol. The second-order valence-electron chi connectivity index (χ2n) is 5.95. The molecule has 1 aliphatic rings. The van der Waals surface area contributed by atoms with Gasteiger partial charge < -0.3 is 10.6 Å². The van der Waals surface area contributed by atoms with Crippen molar-refractivity contribution in [3.8, 4) is 0 Å². The molecule has 3 rings (SSSR count). The van der Waals surface area contributed by atoms with Crippen LogP contribution in [0.15, 0.2) is 17.5 Å². The highest BCUT2D eigenvalue weighted by Gasteiger charge is 2.30. The fraction of sp³-hybridized carbons (Fsp3) is 0.529. The van der Waals surface area contributed by atoms with Gasteiger partial charge in [0.1, 0.15) is 4.88 Å². The Balaban J connectivity index is 1.73. The number of nitrogens with zero attached hydrogens (tertiary/aromatic N) is 2. The topological polar surface area (TPSA) is 59.2 Å². The number of hydrogen-bond acceptors (Lipinski definition) is 5. The van der Waals surface area contributed by atoms with E-state index in [9.17, 15) is 4.79 Å². The number of thiazole rings is 1. The molecule has 0 unspecified atom stereocenters. The van der Waals surface area contributed by atoms with E-state index in [0.29, 0.717) is 11.2 Å². The van der Waals surface area contributed by atoms with Crippen LogP contribution in [0.4, 0.5) is 5.13 Å². The van der Waals surface area contributed by atoms with E-state index in [1.165, 1.54) is 22.6 Å². The first kappa shape index (κ1) is 16.5. The van der Waals surface area contributed by atoms with E-state index >= 15 is 0 Å². The van der Waals surface area contributed by atoms with Crippen LogP contribution in [-0.2, 0) is 12.8 Å². The minimum atomic E-state index is 0.131. The molecule has 0 spiro atoms. The van der Waals surface area contributed by atoms with Gasteiger partial charge in [-0.3, -0.25) is 4.79 Å². The largest absolute Gasteiger partial charge is 0.375 e. The lowest BCUT2D eigenvalue weighted by Gasteiger charge is -2.35. The standard InChI is InChI=1S/C17H23N3OS2/c1-2-14-15(23-17(18)19-14)16(21)20-10-4-3-6-12(20)8-9-13-7-5-11-22-13/h5,7,11-12H,2-4,6,8-10H2,1H3,(H2,18,19)/t12-/m1/s1. The number of amides is 1. The van der Waals surface area contributed by atoms with Crippen molar-refractivity contribution in [3.05, 3.63) is 33.0 Å². The second-order valence-corrected chi connectivity index (χ2v) is 8.01. The third-order valence-electron chi connectivity index (χ3n) is 4.44. The Kier molecular flexibility index (Phi) is 5.33. The minimum absolute atomic E-state index is 0.131. The molecule has 124 valence electrons. The highest BCUT2D eigenvalue weighted by molar-refractivity contribution is 7.17. The number of piperidine rings is 1. The summed E-state index contributed by atoms with van der Waals surface area (Å²) in [6.45, 7) is 2.88. The van der Waals surface area contributed by atoms with Gasteiger partial charge in [0.2, 0.25) is 0 Å². The summed E-state index contributed by atoms with van der Waals surface area (Å²) in [7, 11) is 0. The molecule has 0 radical (unpaired) electrons. The summed E-state index contributed by atoms with van der Waals surface area (Å²) in [6.07, 6.45) is 6.26. The van der Waals surface area contributed by atoms with Crippen molar-refractivity contribution < 1.29 is 4.79 Å². The van der Waals surface area contributed by atoms with Crippen LogP contribution in [0.2, 0.25) is 0 Å². The van der Waals surface area contributed by atoms with Gasteiger partial charge >= 0.3 is 0 Å². The number of hydrogen-bond donors (Lipinski definition) is 1. The smallest absolute Gasteiger partial charge is 0.266 e. The Labute approximate surface area is 145 Å². The molecule has 0 saturated carbocycles. The maximum absolute atomic E-state index is 13.0. The van der Waals surface area contributed by atoms with Gasteiger partial charge in [0.25, 0.3) is 5.91 Å². The number of rotatable bonds is 5. The second kappa shape index (κ2) is 7.45. The van der Waals surface area contributed by atoms with Crippen molar-refractivity contribution in [1.82, 2.24) is 9.88 Å². The van der Waals surface area contributed by atoms with Crippen LogP contribution in [0.1, 0.15) is 52.8 Å². The Morgan fingerprint density at radius 3 is 3.09 bits per heavy atom. The van der Waals surface area contributed by atoms with Gasteiger partial charge in [-0.2, -0.15) is 0 Å². The molecule has 2 aromatic heterocycles. The normalized spacial score (nSPS) is 18.3. The summed E-state index contributed by atoms with van der Waals surface area (Å²) in [5.74, 6) is 0.131. The lowest BCUT2D eigenvalue weighted by atomic mass is 9.97. The maximum atomic E-state index is 13.0. The highest BCUT2D eigenvalue weighted by Crippen LogP contribution is 2.28. The molecular formula is C17H23N3OS2. The number of thiophene rings is 1. The summed E-state index contributed by atoms with van der Waals surface area (Å²) in [5.41, 5.74) is 6.67. The fourth-order valence-electron chi connectivity index (χ4n) is 3.24. The van der Waals surface area contributed by atoms with Crippen molar-refractivity contribution in [3.63, 3.8) is 0 Å². The van der Waals surface area contributed by atoms with Crippen molar-refractivity contribution in [2.45, 2.75) is 51.5 Å². The number of likely N-dealkylation sites (tertiary alicyclic amines) is 1. The minimum Gasteiger partial charge on any atom is -0.375 e. The first-order valence-electron chi connectivity index (χ1n) is 8.27. The van der Waals surface area contributed by atoms with Gasteiger partial charge in [-0.1, -0.05) is 24.3 Å². The summed E-state index contributed by atoms with van der Waals surface area (Å²) < 4.78 is 0. The van der Waals surface area contributed by atoms with E-state index < -0.39 is 0 Å². The summed E-state index contributed by atoms with van der Waals surface area (Å²) in [5, 5.41) is 2.62. The first-order valence-corrected chi connectivity index (χ1v) is 9.97. The number of aryl methyl sites for hydroxylation is 2. The van der Waals surface area contributed by atoms with Gasteiger partial charge in [-0.25, -0.2) is 4.98 Å².